The van der Waals surface area contributed by atoms with E-state index in [2.05, 4.69) is 37.3 Å². The lowest BCUT2D eigenvalue weighted by Gasteiger charge is -2.14. The summed E-state index contributed by atoms with van der Waals surface area (Å²) in [7, 11) is 0. The molecule has 0 bridgehead atoms. The lowest BCUT2D eigenvalue weighted by molar-refractivity contribution is 0.695. The van der Waals surface area contributed by atoms with Crippen molar-refractivity contribution in [2.75, 3.05) is 0 Å². The lowest BCUT2D eigenvalue weighted by atomic mass is 10.0. The van der Waals surface area contributed by atoms with Crippen molar-refractivity contribution < 1.29 is 0 Å². The molecule has 0 radical (unpaired) electrons. The molecule has 2 aromatic heterocycles. The number of thiophene rings is 1. The van der Waals surface area contributed by atoms with Crippen LogP contribution in [-0.2, 0) is 13.0 Å². The molecular formula is C28H21N3OS. The van der Waals surface area contributed by atoms with Crippen molar-refractivity contribution in [2.45, 2.75) is 19.9 Å². The Bertz CT molecular complexity index is 1540. The molecule has 2 heterocycles. The summed E-state index contributed by atoms with van der Waals surface area (Å²) < 4.78 is 1.76. The quantitative estimate of drug-likeness (QED) is 0.335. The Labute approximate surface area is 196 Å². The van der Waals surface area contributed by atoms with E-state index in [9.17, 15) is 10.1 Å². The van der Waals surface area contributed by atoms with E-state index in [1.807, 2.05) is 53.9 Å². The first-order valence-electron chi connectivity index (χ1n) is 10.7. The molecule has 4 nitrogen and oxygen atoms in total. The second-order valence-corrected chi connectivity index (χ2v) is 8.95. The number of nitriles is 1. The predicted molar refractivity (Wildman–Crippen MR) is 134 cm³/mol. The van der Waals surface area contributed by atoms with Crippen molar-refractivity contribution >= 4 is 21.6 Å². The first-order valence-corrected chi connectivity index (χ1v) is 11.6. The largest absolute Gasteiger partial charge is 0.291 e. The summed E-state index contributed by atoms with van der Waals surface area (Å²) in [5.74, 6) is 0.721. The molecule has 0 N–H and O–H groups in total. The maximum absolute atomic E-state index is 13.9. The van der Waals surface area contributed by atoms with Crippen LogP contribution in [0.2, 0.25) is 0 Å². The van der Waals surface area contributed by atoms with Gasteiger partial charge < -0.3 is 0 Å². The van der Waals surface area contributed by atoms with Gasteiger partial charge in [-0.15, -0.1) is 11.3 Å². The minimum atomic E-state index is -0.0508. The van der Waals surface area contributed by atoms with Crippen molar-refractivity contribution in [3.8, 4) is 17.2 Å². The van der Waals surface area contributed by atoms with Gasteiger partial charge in [-0.25, -0.2) is 4.98 Å². The zero-order valence-electron chi connectivity index (χ0n) is 18.2. The van der Waals surface area contributed by atoms with Crippen molar-refractivity contribution in [2.24, 2.45) is 0 Å². The molecular weight excluding hydrogens is 426 g/mol. The highest BCUT2D eigenvalue weighted by Crippen LogP contribution is 2.31. The van der Waals surface area contributed by atoms with Crippen molar-refractivity contribution in [3.05, 3.63) is 123 Å². The summed E-state index contributed by atoms with van der Waals surface area (Å²) in [6, 6.07) is 27.8. The van der Waals surface area contributed by atoms with E-state index in [0.717, 1.165) is 32.9 Å². The zero-order valence-corrected chi connectivity index (χ0v) is 19.0. The first-order chi connectivity index (χ1) is 16.1. The standard InChI is InChI=1S/C28H21N3OS/c1-19-10-12-23(13-11-19)24-18-33-27-26(24)28(32)31(17-22-9-5-8-21(14-22)16-29)25(30-27)15-20-6-3-2-4-7-20/h2-14,18H,15,17H2,1H3. The summed E-state index contributed by atoms with van der Waals surface area (Å²) >= 11 is 1.51. The van der Waals surface area contributed by atoms with E-state index in [1.54, 1.807) is 10.6 Å². The third kappa shape index (κ3) is 4.21. The van der Waals surface area contributed by atoms with Crippen LogP contribution in [0.1, 0.15) is 28.1 Å². The maximum atomic E-state index is 13.9. The maximum Gasteiger partial charge on any atom is 0.263 e. The van der Waals surface area contributed by atoms with Gasteiger partial charge in [-0.3, -0.25) is 9.36 Å². The number of aromatic nitrogens is 2. The molecule has 5 rings (SSSR count). The topological polar surface area (TPSA) is 58.7 Å². The van der Waals surface area contributed by atoms with Gasteiger partial charge in [-0.2, -0.15) is 5.26 Å². The average molecular weight is 448 g/mol. The number of hydrogen-bond donors (Lipinski definition) is 0. The molecule has 160 valence electrons. The van der Waals surface area contributed by atoms with Crippen LogP contribution in [0.3, 0.4) is 0 Å². The number of aryl methyl sites for hydroxylation is 1. The Kier molecular flexibility index (Phi) is 5.60. The molecule has 5 aromatic rings. The summed E-state index contributed by atoms with van der Waals surface area (Å²) in [5.41, 5.74) is 5.63. The molecule has 0 spiro atoms. The fourth-order valence-corrected chi connectivity index (χ4v) is 4.97. The molecule has 0 saturated carbocycles. The first kappa shape index (κ1) is 20.9. The number of benzene rings is 3. The molecule has 0 aliphatic rings. The van der Waals surface area contributed by atoms with Crippen LogP contribution in [0.15, 0.2) is 89.0 Å². The molecule has 5 heteroatoms. The Morgan fingerprint density at radius 3 is 2.48 bits per heavy atom. The molecule has 0 atom stereocenters. The summed E-state index contributed by atoms with van der Waals surface area (Å²) in [5, 5.41) is 12.0. The molecule has 0 aliphatic heterocycles. The molecule has 33 heavy (non-hydrogen) atoms. The Balaban J connectivity index is 1.69. The Morgan fingerprint density at radius 1 is 0.970 bits per heavy atom. The minimum Gasteiger partial charge on any atom is -0.291 e. The van der Waals surface area contributed by atoms with E-state index in [4.69, 9.17) is 4.98 Å². The van der Waals surface area contributed by atoms with Gasteiger partial charge in [0.1, 0.15) is 10.7 Å². The number of hydrogen-bond acceptors (Lipinski definition) is 4. The van der Waals surface area contributed by atoms with Crippen molar-refractivity contribution in [1.29, 1.82) is 5.26 Å². The van der Waals surface area contributed by atoms with E-state index < -0.39 is 0 Å². The van der Waals surface area contributed by atoms with Crippen LogP contribution in [0.4, 0.5) is 0 Å². The molecule has 3 aromatic carbocycles. The molecule has 0 saturated heterocycles. The zero-order chi connectivity index (χ0) is 22.8. The van der Waals surface area contributed by atoms with Gasteiger partial charge in [0.25, 0.3) is 5.56 Å². The van der Waals surface area contributed by atoms with Crippen LogP contribution in [0.5, 0.6) is 0 Å². The molecule has 0 amide bonds. The number of fused-ring (bicyclic) bond motifs is 1. The van der Waals surface area contributed by atoms with Crippen LogP contribution in [0, 0.1) is 18.3 Å². The van der Waals surface area contributed by atoms with Crippen LogP contribution < -0.4 is 5.56 Å². The number of rotatable bonds is 5. The Morgan fingerprint density at radius 2 is 1.73 bits per heavy atom. The second-order valence-electron chi connectivity index (χ2n) is 8.09. The number of nitrogens with zero attached hydrogens (tertiary/aromatic N) is 3. The van der Waals surface area contributed by atoms with Gasteiger partial charge in [0.05, 0.1) is 23.6 Å². The highest BCUT2D eigenvalue weighted by atomic mass is 32.1. The monoisotopic (exact) mass is 447 g/mol. The van der Waals surface area contributed by atoms with E-state index >= 15 is 0 Å². The van der Waals surface area contributed by atoms with E-state index in [-0.39, 0.29) is 5.56 Å². The molecule has 0 unspecified atom stereocenters. The summed E-state index contributed by atoms with van der Waals surface area (Å²) in [6.07, 6.45) is 0.557. The summed E-state index contributed by atoms with van der Waals surface area (Å²) in [6.45, 7) is 2.41. The van der Waals surface area contributed by atoms with Gasteiger partial charge >= 0.3 is 0 Å². The SMILES string of the molecule is Cc1ccc(-c2csc3nc(Cc4ccccc4)n(Cc4cccc(C#N)c4)c(=O)c23)cc1. The fourth-order valence-electron chi connectivity index (χ4n) is 4.01. The molecule has 0 aliphatic carbocycles. The second kappa shape index (κ2) is 8.85. The third-order valence-corrected chi connectivity index (χ3v) is 6.61. The van der Waals surface area contributed by atoms with Gasteiger partial charge in [-0.05, 0) is 35.7 Å². The van der Waals surface area contributed by atoms with Crippen LogP contribution in [0.25, 0.3) is 21.3 Å². The summed E-state index contributed by atoms with van der Waals surface area (Å²) in [4.78, 5) is 19.6. The van der Waals surface area contributed by atoms with Crippen molar-refractivity contribution in [3.63, 3.8) is 0 Å². The average Bonchev–Trinajstić information content (AvgIpc) is 3.27. The molecule has 0 fully saturated rings. The van der Waals surface area contributed by atoms with Gasteiger partial charge in [0, 0.05) is 17.4 Å². The third-order valence-electron chi connectivity index (χ3n) is 5.74. The van der Waals surface area contributed by atoms with E-state index in [1.165, 1.54) is 16.9 Å². The highest BCUT2D eigenvalue weighted by molar-refractivity contribution is 7.17. The Hall–Kier alpha value is -4.01. The predicted octanol–water partition coefficient (Wildman–Crippen LogP) is 5.94. The highest BCUT2D eigenvalue weighted by Gasteiger charge is 2.18. The fraction of sp³-hybridized carbons (Fsp3) is 0.107. The smallest absolute Gasteiger partial charge is 0.263 e. The van der Waals surface area contributed by atoms with Gasteiger partial charge in [0.2, 0.25) is 0 Å². The van der Waals surface area contributed by atoms with E-state index in [0.29, 0.717) is 23.9 Å². The lowest BCUT2D eigenvalue weighted by Crippen LogP contribution is -2.26. The van der Waals surface area contributed by atoms with Gasteiger partial charge in [-0.1, -0.05) is 72.3 Å². The normalized spacial score (nSPS) is 10.9. The minimum absolute atomic E-state index is 0.0508. The van der Waals surface area contributed by atoms with Crippen molar-refractivity contribution in [1.82, 2.24) is 9.55 Å². The van der Waals surface area contributed by atoms with Crippen LogP contribution in [-0.4, -0.2) is 9.55 Å². The van der Waals surface area contributed by atoms with Gasteiger partial charge in [0.15, 0.2) is 0 Å². The van der Waals surface area contributed by atoms with Crippen LogP contribution >= 0.6 is 11.3 Å².